The van der Waals surface area contributed by atoms with Crippen LogP contribution in [0.15, 0.2) is 24.3 Å². The highest BCUT2D eigenvalue weighted by Gasteiger charge is 2.10. The summed E-state index contributed by atoms with van der Waals surface area (Å²) in [5, 5.41) is 9.54. The molecule has 0 aromatic heterocycles. The number of benzene rings is 1. The number of rotatable bonds is 3. The van der Waals surface area contributed by atoms with Crippen LogP contribution in [0.25, 0.3) is 6.08 Å². The number of hydrogen-bond donors (Lipinski definition) is 2. The van der Waals surface area contributed by atoms with Crippen LogP contribution in [0.3, 0.4) is 0 Å². The maximum Gasteiger partial charge on any atom is 0.341 e. The SMILES string of the molecule is COC(=O)c1ccc(C=CCS)cc1O. The number of hydrogen-bond acceptors (Lipinski definition) is 4. The Labute approximate surface area is 93.8 Å². The number of thiol groups is 1. The number of carbonyl (C=O) groups is 1. The molecule has 4 heteroatoms. The second kappa shape index (κ2) is 5.46. The van der Waals surface area contributed by atoms with Crippen LogP contribution in [-0.4, -0.2) is 23.9 Å². The zero-order chi connectivity index (χ0) is 11.3. The van der Waals surface area contributed by atoms with E-state index in [1.165, 1.54) is 19.2 Å². The predicted molar refractivity (Wildman–Crippen MR) is 62.3 cm³/mol. The average molecular weight is 224 g/mol. The summed E-state index contributed by atoms with van der Waals surface area (Å²) < 4.78 is 4.51. The van der Waals surface area contributed by atoms with E-state index in [4.69, 9.17) is 0 Å². The summed E-state index contributed by atoms with van der Waals surface area (Å²) in [7, 11) is 1.27. The van der Waals surface area contributed by atoms with Crippen LogP contribution >= 0.6 is 12.6 Å². The molecule has 80 valence electrons. The van der Waals surface area contributed by atoms with Gasteiger partial charge in [0.15, 0.2) is 0 Å². The third-order valence-corrected chi connectivity index (χ3v) is 2.05. The van der Waals surface area contributed by atoms with Gasteiger partial charge in [0.25, 0.3) is 0 Å². The minimum atomic E-state index is -0.544. The lowest BCUT2D eigenvalue weighted by Crippen LogP contribution is -2.01. The highest BCUT2D eigenvalue weighted by Crippen LogP contribution is 2.20. The Kier molecular flexibility index (Phi) is 4.24. The third-order valence-electron chi connectivity index (χ3n) is 1.84. The van der Waals surface area contributed by atoms with Crippen molar-refractivity contribution in [2.45, 2.75) is 0 Å². The van der Waals surface area contributed by atoms with Crippen LogP contribution in [0.1, 0.15) is 15.9 Å². The zero-order valence-corrected chi connectivity index (χ0v) is 9.20. The van der Waals surface area contributed by atoms with Crippen molar-refractivity contribution in [3.05, 3.63) is 35.4 Å². The van der Waals surface area contributed by atoms with Gasteiger partial charge in [0, 0.05) is 5.75 Å². The molecule has 0 saturated carbocycles. The fourth-order valence-electron chi connectivity index (χ4n) is 1.12. The lowest BCUT2D eigenvalue weighted by Gasteiger charge is -2.03. The molecule has 0 unspecified atom stereocenters. The van der Waals surface area contributed by atoms with Gasteiger partial charge in [-0.1, -0.05) is 18.2 Å². The van der Waals surface area contributed by atoms with Gasteiger partial charge in [0.05, 0.1) is 7.11 Å². The van der Waals surface area contributed by atoms with Crippen LogP contribution in [0.5, 0.6) is 5.75 Å². The number of carbonyl (C=O) groups excluding carboxylic acids is 1. The summed E-state index contributed by atoms with van der Waals surface area (Å²) in [4.78, 5) is 11.1. The highest BCUT2D eigenvalue weighted by molar-refractivity contribution is 7.80. The Hall–Kier alpha value is -1.42. The molecule has 0 heterocycles. The molecule has 3 nitrogen and oxygen atoms in total. The second-order valence-corrected chi connectivity index (χ2v) is 3.22. The van der Waals surface area contributed by atoms with Gasteiger partial charge in [-0.05, 0) is 17.7 Å². The fourth-order valence-corrected chi connectivity index (χ4v) is 1.23. The first-order valence-corrected chi connectivity index (χ1v) is 5.01. The van der Waals surface area contributed by atoms with Crippen LogP contribution in [-0.2, 0) is 4.74 Å². The molecule has 1 aromatic rings. The van der Waals surface area contributed by atoms with Crippen molar-refractivity contribution < 1.29 is 14.6 Å². The van der Waals surface area contributed by atoms with Crippen molar-refractivity contribution in [2.24, 2.45) is 0 Å². The molecule has 0 amide bonds. The molecule has 0 radical (unpaired) electrons. The van der Waals surface area contributed by atoms with E-state index in [-0.39, 0.29) is 11.3 Å². The van der Waals surface area contributed by atoms with E-state index < -0.39 is 5.97 Å². The maximum absolute atomic E-state index is 11.1. The summed E-state index contributed by atoms with van der Waals surface area (Å²) >= 11 is 4.02. The van der Waals surface area contributed by atoms with Gasteiger partial charge in [-0.2, -0.15) is 12.6 Å². The zero-order valence-electron chi connectivity index (χ0n) is 8.30. The van der Waals surface area contributed by atoms with Crippen molar-refractivity contribution in [2.75, 3.05) is 12.9 Å². The predicted octanol–water partition coefficient (Wildman–Crippen LogP) is 2.12. The molecule has 15 heavy (non-hydrogen) atoms. The van der Waals surface area contributed by atoms with Gasteiger partial charge in [-0.3, -0.25) is 0 Å². The fraction of sp³-hybridized carbons (Fsp3) is 0.182. The average Bonchev–Trinajstić information content (AvgIpc) is 2.25. The van der Waals surface area contributed by atoms with E-state index in [1.54, 1.807) is 6.07 Å². The summed E-state index contributed by atoms with van der Waals surface area (Å²) in [5.74, 6) is -0.000121. The minimum Gasteiger partial charge on any atom is -0.507 e. The van der Waals surface area contributed by atoms with Gasteiger partial charge in [-0.25, -0.2) is 4.79 Å². The molecule has 0 atom stereocenters. The van der Waals surface area contributed by atoms with Crippen molar-refractivity contribution in [1.29, 1.82) is 0 Å². The van der Waals surface area contributed by atoms with E-state index in [0.717, 1.165) is 5.56 Å². The normalized spacial score (nSPS) is 10.5. The smallest absolute Gasteiger partial charge is 0.341 e. The lowest BCUT2D eigenvalue weighted by molar-refractivity contribution is 0.0597. The molecule has 0 aliphatic carbocycles. The maximum atomic E-state index is 11.1. The minimum absolute atomic E-state index is 0.0804. The van der Waals surface area contributed by atoms with E-state index in [9.17, 15) is 9.90 Å². The quantitative estimate of drug-likeness (QED) is 0.610. The van der Waals surface area contributed by atoms with Gasteiger partial charge in [-0.15, -0.1) is 0 Å². The largest absolute Gasteiger partial charge is 0.507 e. The molecule has 0 aliphatic heterocycles. The number of aromatic hydroxyl groups is 1. The second-order valence-electron chi connectivity index (χ2n) is 2.85. The van der Waals surface area contributed by atoms with Crippen molar-refractivity contribution >= 4 is 24.7 Å². The summed E-state index contributed by atoms with van der Waals surface area (Å²) in [5.41, 5.74) is 0.981. The molecule has 0 aliphatic rings. The Morgan fingerprint density at radius 3 is 2.87 bits per heavy atom. The number of esters is 1. The molecule has 0 bridgehead atoms. The van der Waals surface area contributed by atoms with Crippen molar-refractivity contribution in [1.82, 2.24) is 0 Å². The Morgan fingerprint density at radius 1 is 1.60 bits per heavy atom. The van der Waals surface area contributed by atoms with E-state index in [1.807, 2.05) is 12.2 Å². The van der Waals surface area contributed by atoms with Gasteiger partial charge in [0.1, 0.15) is 11.3 Å². The van der Waals surface area contributed by atoms with Crippen LogP contribution in [0.4, 0.5) is 0 Å². The summed E-state index contributed by atoms with van der Waals surface area (Å²) in [6.07, 6.45) is 3.66. The number of phenolic OH excluding ortho intramolecular Hbond substituents is 1. The van der Waals surface area contributed by atoms with Gasteiger partial charge < -0.3 is 9.84 Å². The van der Waals surface area contributed by atoms with Crippen molar-refractivity contribution in [3.63, 3.8) is 0 Å². The molecule has 1 rings (SSSR count). The lowest BCUT2D eigenvalue weighted by atomic mass is 10.1. The van der Waals surface area contributed by atoms with Crippen molar-refractivity contribution in [3.8, 4) is 5.75 Å². The van der Waals surface area contributed by atoms with E-state index >= 15 is 0 Å². The first kappa shape index (κ1) is 11.7. The first-order valence-electron chi connectivity index (χ1n) is 4.37. The molecule has 1 N–H and O–H groups in total. The Morgan fingerprint density at radius 2 is 2.33 bits per heavy atom. The summed E-state index contributed by atoms with van der Waals surface area (Å²) in [6.45, 7) is 0. The first-order chi connectivity index (χ1) is 7.19. The molecule has 0 spiro atoms. The number of methoxy groups -OCH3 is 1. The standard InChI is InChI=1S/C11H12O3S/c1-14-11(13)9-5-4-8(3-2-6-15)7-10(9)12/h2-5,7,12,15H,6H2,1H3. The molecule has 0 saturated heterocycles. The molecular formula is C11H12O3S. The van der Waals surface area contributed by atoms with Crippen LogP contribution in [0.2, 0.25) is 0 Å². The summed E-state index contributed by atoms with van der Waals surface area (Å²) in [6, 6.07) is 4.76. The van der Waals surface area contributed by atoms with E-state index in [0.29, 0.717) is 5.75 Å². The van der Waals surface area contributed by atoms with Crippen LogP contribution in [0, 0.1) is 0 Å². The number of phenols is 1. The third kappa shape index (κ3) is 3.02. The molecule has 0 fully saturated rings. The van der Waals surface area contributed by atoms with Gasteiger partial charge in [0.2, 0.25) is 0 Å². The highest BCUT2D eigenvalue weighted by atomic mass is 32.1. The van der Waals surface area contributed by atoms with Crippen LogP contribution < -0.4 is 0 Å². The monoisotopic (exact) mass is 224 g/mol. The van der Waals surface area contributed by atoms with E-state index in [2.05, 4.69) is 17.4 Å². The number of ether oxygens (including phenoxy) is 1. The Balaban J connectivity index is 2.98. The molecule has 1 aromatic carbocycles. The Bertz CT molecular complexity index is 385. The van der Waals surface area contributed by atoms with Gasteiger partial charge >= 0.3 is 5.97 Å². The molecular weight excluding hydrogens is 212 g/mol. The topological polar surface area (TPSA) is 46.5 Å².